The van der Waals surface area contributed by atoms with Crippen LogP contribution in [0, 0.1) is 0 Å². The Morgan fingerprint density at radius 3 is 2.30 bits per heavy atom. The third kappa shape index (κ3) is 2.32. The summed E-state index contributed by atoms with van der Waals surface area (Å²) >= 11 is 5.18. The van der Waals surface area contributed by atoms with E-state index in [0.717, 1.165) is 5.75 Å². The molecular weight excluding hydrogens is 266 g/mol. The molecule has 0 N–H and O–H groups in total. The number of rotatable bonds is 1. The molecule has 3 rings (SSSR count). The van der Waals surface area contributed by atoms with Crippen LogP contribution in [0.15, 0.2) is 54.6 Å². The fourth-order valence-electron chi connectivity index (χ4n) is 2.24. The van der Waals surface area contributed by atoms with Crippen molar-refractivity contribution in [2.24, 2.45) is 0 Å². The van der Waals surface area contributed by atoms with Gasteiger partial charge >= 0.3 is 0 Å². The lowest BCUT2D eigenvalue weighted by atomic mass is 10.0. The smallest absolute Gasteiger partial charge is 0.264 e. The van der Waals surface area contributed by atoms with Gasteiger partial charge < -0.3 is 9.64 Å². The molecule has 20 heavy (non-hydrogen) atoms. The number of hydrogen-bond donors (Lipinski definition) is 0. The summed E-state index contributed by atoms with van der Waals surface area (Å²) in [5.74, 6) is 0.771. The molecular formula is C17H15NOS. The molecule has 2 nitrogen and oxygen atoms in total. The lowest BCUT2D eigenvalue weighted by Crippen LogP contribution is -2.24. The molecule has 0 amide bonds. The van der Waals surface area contributed by atoms with E-state index < -0.39 is 0 Å². The Labute approximate surface area is 123 Å². The van der Waals surface area contributed by atoms with E-state index in [1.807, 2.05) is 26.2 Å². The lowest BCUT2D eigenvalue weighted by Gasteiger charge is -2.14. The zero-order valence-corrected chi connectivity index (χ0v) is 12.3. The highest BCUT2D eigenvalue weighted by Crippen LogP contribution is 2.28. The maximum Gasteiger partial charge on any atom is 0.264 e. The molecule has 0 aliphatic rings. The van der Waals surface area contributed by atoms with Crippen LogP contribution >= 0.6 is 12.2 Å². The summed E-state index contributed by atoms with van der Waals surface area (Å²) in [7, 11) is 3.75. The number of benzene rings is 3. The highest BCUT2D eigenvalue weighted by atomic mass is 32.1. The quantitative estimate of drug-likeness (QED) is 0.489. The minimum absolute atomic E-state index is 0.463. The average molecular weight is 281 g/mol. The van der Waals surface area contributed by atoms with Crippen molar-refractivity contribution in [3.05, 3.63) is 54.6 Å². The predicted molar refractivity (Wildman–Crippen MR) is 88.4 cm³/mol. The van der Waals surface area contributed by atoms with Crippen LogP contribution in [-0.4, -0.2) is 24.2 Å². The van der Waals surface area contributed by atoms with Gasteiger partial charge in [0.2, 0.25) is 0 Å². The number of ether oxygens (including phenoxy) is 1. The molecule has 0 aliphatic heterocycles. The zero-order chi connectivity index (χ0) is 14.1. The summed E-state index contributed by atoms with van der Waals surface area (Å²) in [5.41, 5.74) is 0. The average Bonchev–Trinajstić information content (AvgIpc) is 2.47. The summed E-state index contributed by atoms with van der Waals surface area (Å²) in [6.07, 6.45) is 0. The number of fused-ring (bicyclic) bond motifs is 3. The van der Waals surface area contributed by atoms with E-state index in [1.54, 1.807) is 4.90 Å². The summed E-state index contributed by atoms with van der Waals surface area (Å²) in [4.78, 5) is 1.78. The summed E-state index contributed by atoms with van der Waals surface area (Å²) in [5, 5.41) is 5.30. The van der Waals surface area contributed by atoms with Crippen LogP contribution in [0.1, 0.15) is 0 Å². The van der Waals surface area contributed by atoms with Gasteiger partial charge in [0.05, 0.1) is 0 Å². The number of nitrogens with zero attached hydrogens (tertiary/aromatic N) is 1. The molecule has 0 fully saturated rings. The first-order valence-electron chi connectivity index (χ1n) is 6.46. The van der Waals surface area contributed by atoms with E-state index in [2.05, 4.69) is 42.5 Å². The van der Waals surface area contributed by atoms with Gasteiger partial charge in [-0.05, 0) is 45.9 Å². The minimum Gasteiger partial charge on any atom is -0.432 e. The Bertz CT molecular complexity index is 795. The van der Waals surface area contributed by atoms with Crippen LogP contribution in [-0.2, 0) is 0 Å². The SMILES string of the molecule is CN(C)C(=S)Oc1ccc2ccc3ccccc3c2c1. The molecule has 0 spiro atoms. The second-order valence-corrected chi connectivity index (χ2v) is 5.28. The second-order valence-electron chi connectivity index (χ2n) is 4.93. The largest absolute Gasteiger partial charge is 0.432 e. The molecule has 0 saturated carbocycles. The maximum atomic E-state index is 5.69. The van der Waals surface area contributed by atoms with Gasteiger partial charge in [-0.3, -0.25) is 0 Å². The fraction of sp³-hybridized carbons (Fsp3) is 0.118. The fourth-order valence-corrected chi connectivity index (χ4v) is 2.33. The Hall–Kier alpha value is -2.13. The normalized spacial score (nSPS) is 10.7. The van der Waals surface area contributed by atoms with Crippen molar-refractivity contribution >= 4 is 38.9 Å². The van der Waals surface area contributed by atoms with Gasteiger partial charge in [-0.25, -0.2) is 0 Å². The molecule has 0 saturated heterocycles. The first-order valence-corrected chi connectivity index (χ1v) is 6.86. The van der Waals surface area contributed by atoms with E-state index >= 15 is 0 Å². The zero-order valence-electron chi connectivity index (χ0n) is 11.5. The monoisotopic (exact) mass is 281 g/mol. The highest BCUT2D eigenvalue weighted by molar-refractivity contribution is 7.80. The predicted octanol–water partition coefficient (Wildman–Crippen LogP) is 4.22. The van der Waals surface area contributed by atoms with Gasteiger partial charge in [-0.1, -0.05) is 42.5 Å². The standard InChI is InChI=1S/C17H15NOS/c1-18(2)17(20)19-14-10-9-13-8-7-12-5-3-4-6-15(12)16(13)11-14/h3-11H,1-2H3. The lowest BCUT2D eigenvalue weighted by molar-refractivity contribution is 0.450. The molecule has 0 aliphatic carbocycles. The third-order valence-electron chi connectivity index (χ3n) is 3.29. The first-order chi connectivity index (χ1) is 9.65. The van der Waals surface area contributed by atoms with Crippen molar-refractivity contribution in [1.82, 2.24) is 4.90 Å². The van der Waals surface area contributed by atoms with E-state index in [4.69, 9.17) is 17.0 Å². The third-order valence-corrected chi connectivity index (χ3v) is 3.74. The van der Waals surface area contributed by atoms with Gasteiger partial charge in [-0.2, -0.15) is 0 Å². The summed E-state index contributed by atoms with van der Waals surface area (Å²) in [6.45, 7) is 0. The first kappa shape index (κ1) is 12.9. The van der Waals surface area contributed by atoms with Crippen molar-refractivity contribution in [2.75, 3.05) is 14.1 Å². The molecule has 100 valence electrons. The Morgan fingerprint density at radius 2 is 1.55 bits per heavy atom. The molecule has 3 aromatic rings. The minimum atomic E-state index is 0.463. The molecule has 0 unspecified atom stereocenters. The van der Waals surface area contributed by atoms with Crippen molar-refractivity contribution < 1.29 is 4.74 Å². The van der Waals surface area contributed by atoms with Crippen LogP contribution in [0.25, 0.3) is 21.5 Å². The van der Waals surface area contributed by atoms with Crippen LogP contribution in [0.3, 0.4) is 0 Å². The Morgan fingerprint density at radius 1 is 0.900 bits per heavy atom. The molecule has 0 atom stereocenters. The van der Waals surface area contributed by atoms with Crippen molar-refractivity contribution in [2.45, 2.75) is 0 Å². The summed E-state index contributed by atoms with van der Waals surface area (Å²) < 4.78 is 5.69. The van der Waals surface area contributed by atoms with Gasteiger partial charge in [0.1, 0.15) is 5.75 Å². The Balaban J connectivity index is 2.13. The molecule has 0 radical (unpaired) electrons. The van der Waals surface area contributed by atoms with Crippen LogP contribution in [0.2, 0.25) is 0 Å². The maximum absolute atomic E-state index is 5.69. The van der Waals surface area contributed by atoms with Crippen molar-refractivity contribution in [3.8, 4) is 5.75 Å². The van der Waals surface area contributed by atoms with Gasteiger partial charge in [0.25, 0.3) is 5.17 Å². The second kappa shape index (κ2) is 5.10. The van der Waals surface area contributed by atoms with Gasteiger partial charge in [0.15, 0.2) is 0 Å². The Kier molecular flexibility index (Phi) is 3.28. The van der Waals surface area contributed by atoms with E-state index in [1.165, 1.54) is 21.5 Å². The topological polar surface area (TPSA) is 12.5 Å². The van der Waals surface area contributed by atoms with Crippen molar-refractivity contribution in [1.29, 1.82) is 0 Å². The molecule has 0 heterocycles. The van der Waals surface area contributed by atoms with E-state index in [-0.39, 0.29) is 0 Å². The summed E-state index contributed by atoms with van der Waals surface area (Å²) in [6, 6.07) is 18.7. The van der Waals surface area contributed by atoms with E-state index in [0.29, 0.717) is 5.17 Å². The van der Waals surface area contributed by atoms with E-state index in [9.17, 15) is 0 Å². The highest BCUT2D eigenvalue weighted by Gasteiger charge is 2.05. The number of hydrogen-bond acceptors (Lipinski definition) is 2. The molecule has 3 heteroatoms. The van der Waals surface area contributed by atoms with Crippen LogP contribution < -0.4 is 4.74 Å². The van der Waals surface area contributed by atoms with Crippen LogP contribution in [0.5, 0.6) is 5.75 Å². The molecule has 0 aromatic heterocycles. The van der Waals surface area contributed by atoms with Gasteiger partial charge in [0, 0.05) is 14.1 Å². The van der Waals surface area contributed by atoms with Crippen molar-refractivity contribution in [3.63, 3.8) is 0 Å². The molecule has 3 aromatic carbocycles. The number of thiocarbonyl (C=S) groups is 1. The van der Waals surface area contributed by atoms with Crippen LogP contribution in [0.4, 0.5) is 0 Å². The molecule has 0 bridgehead atoms. The van der Waals surface area contributed by atoms with Gasteiger partial charge in [-0.15, -0.1) is 0 Å².